The Morgan fingerprint density at radius 1 is 1.31 bits per heavy atom. The molecule has 0 spiro atoms. The van der Waals surface area contributed by atoms with E-state index in [1.54, 1.807) is 13.2 Å². The van der Waals surface area contributed by atoms with Crippen molar-refractivity contribution in [1.29, 1.82) is 0 Å². The first-order chi connectivity index (χ1) is 6.41. The Kier molecular flexibility index (Phi) is 11.9. The number of hydrogen-bond acceptors (Lipinski definition) is 5. The molecule has 0 amide bonds. The van der Waals surface area contributed by atoms with Crippen LogP contribution in [0.5, 0.6) is 0 Å². The summed E-state index contributed by atoms with van der Waals surface area (Å²) in [5.41, 5.74) is 0. The molecular weight excluding hydrogens is 212 g/mol. The Labute approximate surface area is 81.0 Å². The zero-order valence-electron chi connectivity index (χ0n) is 7.08. The molecule has 13 heavy (non-hydrogen) atoms. The average molecular weight is 220 g/mol. The summed E-state index contributed by atoms with van der Waals surface area (Å²) in [6.45, 7) is 3.74. The molecule has 0 radical (unpaired) electrons. The molecular formula is C4H8B2O5P2. The summed E-state index contributed by atoms with van der Waals surface area (Å²) in [7, 11) is 5.15. The van der Waals surface area contributed by atoms with Crippen LogP contribution in [0.4, 0.5) is 0 Å². The van der Waals surface area contributed by atoms with Gasteiger partial charge in [-0.05, 0) is 0 Å². The van der Waals surface area contributed by atoms with Gasteiger partial charge in [0.2, 0.25) is 0 Å². The fourth-order valence-corrected chi connectivity index (χ4v) is 0.842. The van der Waals surface area contributed by atoms with Crippen LogP contribution in [0.15, 0.2) is 12.7 Å². The van der Waals surface area contributed by atoms with Gasteiger partial charge in [0.05, 0.1) is 0 Å². The van der Waals surface area contributed by atoms with E-state index in [2.05, 4.69) is 30.3 Å². The Balaban J connectivity index is 3.12. The summed E-state index contributed by atoms with van der Waals surface area (Å²) in [6, 6.07) is 0. The zero-order chi connectivity index (χ0) is 9.78. The van der Waals surface area contributed by atoms with Gasteiger partial charge in [0.15, 0.2) is 0 Å². The van der Waals surface area contributed by atoms with E-state index in [-0.39, 0.29) is 0 Å². The van der Waals surface area contributed by atoms with E-state index < -0.39 is 0 Å². The van der Waals surface area contributed by atoms with Crippen molar-refractivity contribution < 1.29 is 23.7 Å². The molecule has 0 atom stereocenters. The quantitative estimate of drug-likeness (QED) is 0.155. The Bertz CT molecular complexity index is 176. The fourth-order valence-electron chi connectivity index (χ4n) is 0.263. The van der Waals surface area contributed by atoms with Crippen molar-refractivity contribution in [3.05, 3.63) is 12.7 Å². The van der Waals surface area contributed by atoms with Crippen molar-refractivity contribution in [3.63, 3.8) is 0 Å². The van der Waals surface area contributed by atoms with E-state index in [4.69, 9.17) is 0 Å². The number of rotatable bonds is 8. The van der Waals surface area contributed by atoms with Crippen molar-refractivity contribution in [2.45, 2.75) is 0 Å². The topological polar surface area (TPSA) is 46.2 Å². The molecule has 0 aromatic rings. The van der Waals surface area contributed by atoms with Crippen LogP contribution < -0.4 is 0 Å². The van der Waals surface area contributed by atoms with Crippen LogP contribution in [0.2, 0.25) is 0 Å². The van der Waals surface area contributed by atoms with Crippen LogP contribution in [0.25, 0.3) is 0 Å². The van der Waals surface area contributed by atoms with Crippen LogP contribution in [-0.4, -0.2) is 27.7 Å². The molecule has 0 fully saturated rings. The van der Waals surface area contributed by atoms with Crippen LogP contribution in [0, 0.1) is 0 Å². The predicted octanol–water partition coefficient (Wildman–Crippen LogP) is 1.51. The standard InChI is InChI=1S/C4H8B2O5P2/c1-3-4-8-9-5-6-10-11-13-12-7-2/h3H,1,4H2,2H3. The summed E-state index contributed by atoms with van der Waals surface area (Å²) in [4.78, 5) is 13.5. The first-order valence-electron chi connectivity index (χ1n) is 3.22. The molecule has 0 aliphatic carbocycles. The van der Waals surface area contributed by atoms with Gasteiger partial charge in [0.25, 0.3) is 0 Å². The second kappa shape index (κ2) is 11.9. The van der Waals surface area contributed by atoms with Crippen LogP contribution in [0.1, 0.15) is 0 Å². The van der Waals surface area contributed by atoms with E-state index >= 15 is 0 Å². The SMILES string of the molecule is C=CCOOB=BOOP=POC. The van der Waals surface area contributed by atoms with E-state index in [0.29, 0.717) is 22.8 Å². The van der Waals surface area contributed by atoms with Gasteiger partial charge in [-0.3, -0.25) is 0 Å². The van der Waals surface area contributed by atoms with Crippen molar-refractivity contribution in [2.24, 2.45) is 0 Å². The van der Waals surface area contributed by atoms with Gasteiger partial charge in [-0.25, -0.2) is 0 Å². The summed E-state index contributed by atoms with van der Waals surface area (Å²) >= 11 is 0. The molecule has 0 aromatic heterocycles. The molecule has 0 aliphatic heterocycles. The van der Waals surface area contributed by atoms with Gasteiger partial charge in [-0.2, -0.15) is 0 Å². The molecule has 70 valence electrons. The third-order valence-corrected chi connectivity index (χ3v) is 1.88. The van der Waals surface area contributed by atoms with Gasteiger partial charge in [0.1, 0.15) is 0 Å². The zero-order valence-corrected chi connectivity index (χ0v) is 8.87. The molecule has 0 aliphatic rings. The monoisotopic (exact) mass is 220 g/mol. The van der Waals surface area contributed by atoms with Gasteiger partial charge in [-0.1, -0.05) is 0 Å². The maximum absolute atomic E-state index is 4.67. The van der Waals surface area contributed by atoms with Crippen LogP contribution >= 0.6 is 16.2 Å². The molecule has 0 unspecified atom stereocenters. The first-order valence-corrected chi connectivity index (χ1v) is 5.55. The Hall–Kier alpha value is -0.0501. The van der Waals surface area contributed by atoms with Crippen LogP contribution in [0.3, 0.4) is 0 Å². The molecule has 0 N–H and O–H groups in total. The minimum absolute atomic E-state index is 0.311. The summed E-state index contributed by atoms with van der Waals surface area (Å²) in [6.07, 6.45) is 1.56. The summed E-state index contributed by atoms with van der Waals surface area (Å²) in [5, 5.41) is 0. The van der Waals surface area contributed by atoms with Gasteiger partial charge in [0, 0.05) is 0 Å². The second-order valence-electron chi connectivity index (χ2n) is 1.46. The normalized spacial score (nSPS) is 9.62. The Morgan fingerprint density at radius 2 is 2.08 bits per heavy atom. The third-order valence-electron chi connectivity index (χ3n) is 0.612. The van der Waals surface area contributed by atoms with Crippen molar-refractivity contribution in [2.75, 3.05) is 13.7 Å². The Morgan fingerprint density at radius 3 is 2.77 bits per heavy atom. The average Bonchev–Trinajstić information content (AvgIpc) is 2.16. The predicted molar refractivity (Wildman–Crippen MR) is 51.8 cm³/mol. The van der Waals surface area contributed by atoms with Crippen LogP contribution in [-0.2, 0) is 23.7 Å². The van der Waals surface area contributed by atoms with Gasteiger partial charge < -0.3 is 0 Å². The van der Waals surface area contributed by atoms with Crippen molar-refractivity contribution >= 4 is 30.2 Å². The molecule has 0 saturated heterocycles. The molecule has 0 bridgehead atoms. The van der Waals surface area contributed by atoms with E-state index in [9.17, 15) is 0 Å². The molecule has 0 saturated carbocycles. The third kappa shape index (κ3) is 11.9. The van der Waals surface area contributed by atoms with Gasteiger partial charge >= 0.3 is 80.3 Å². The van der Waals surface area contributed by atoms with Crippen molar-refractivity contribution in [1.82, 2.24) is 0 Å². The summed E-state index contributed by atoms with van der Waals surface area (Å²) in [5.74, 6) is 0. The van der Waals surface area contributed by atoms with E-state index in [1.165, 1.54) is 14.0 Å². The first kappa shape index (κ1) is 12.9. The van der Waals surface area contributed by atoms with Gasteiger partial charge in [-0.15, -0.1) is 0 Å². The molecule has 0 aromatic carbocycles. The van der Waals surface area contributed by atoms with E-state index in [1.807, 2.05) is 0 Å². The number of hydrogen-bond donors (Lipinski definition) is 0. The maximum atomic E-state index is 4.67. The second-order valence-corrected chi connectivity index (χ2v) is 3.28. The van der Waals surface area contributed by atoms with E-state index in [0.717, 1.165) is 0 Å². The molecule has 0 rings (SSSR count). The molecule has 9 heteroatoms. The fraction of sp³-hybridized carbons (Fsp3) is 0.500. The molecule has 5 nitrogen and oxygen atoms in total. The minimum atomic E-state index is 0.311. The van der Waals surface area contributed by atoms with Crippen molar-refractivity contribution in [3.8, 4) is 0 Å². The summed E-state index contributed by atoms with van der Waals surface area (Å²) < 4.78 is 9.24. The molecule has 0 heterocycles.